The number of hydrogen-bond donors (Lipinski definition) is 2. The maximum Gasteiger partial charge on any atom is 0.227 e. The summed E-state index contributed by atoms with van der Waals surface area (Å²) in [6, 6.07) is 5.87. The van der Waals surface area contributed by atoms with Gasteiger partial charge in [-0.05, 0) is 50.8 Å². The van der Waals surface area contributed by atoms with E-state index in [1.807, 2.05) is 38.2 Å². The fourth-order valence-corrected chi connectivity index (χ4v) is 3.57. The molecule has 1 aliphatic rings. The molecule has 0 saturated heterocycles. The number of H-pyrrole nitrogens is 1. The molecule has 0 fully saturated rings. The van der Waals surface area contributed by atoms with Crippen LogP contribution in [-0.2, 0) is 11.2 Å². The lowest BCUT2D eigenvalue weighted by atomic mass is 9.95. The van der Waals surface area contributed by atoms with Gasteiger partial charge in [-0.2, -0.15) is 0 Å². The molecule has 1 unspecified atom stereocenters. The van der Waals surface area contributed by atoms with Gasteiger partial charge in [0.05, 0.1) is 24.5 Å². The standard InChI is InChI=1S/C21H25N5O2/c1-4-28-17-7-5-6-14-12-23-21(26-19(14)17)25-15-8-9-16(18(10-15)27-3)20-22-11-13(2)24-20/h8-12,17H,4-7H2,1-3H3,(H,22,24)(H,23,25,26). The number of benzene rings is 1. The van der Waals surface area contributed by atoms with Gasteiger partial charge in [0.2, 0.25) is 5.95 Å². The molecule has 1 aliphatic carbocycles. The van der Waals surface area contributed by atoms with E-state index in [2.05, 4.69) is 20.3 Å². The van der Waals surface area contributed by atoms with Gasteiger partial charge in [0.1, 0.15) is 11.6 Å². The van der Waals surface area contributed by atoms with Crippen molar-refractivity contribution in [1.29, 1.82) is 0 Å². The SMILES string of the molecule is CCOC1CCCc2cnc(Nc3ccc(-c4ncc(C)[nH]4)c(OC)c3)nc21. The predicted octanol–water partition coefficient (Wildman–Crippen LogP) is 4.34. The van der Waals surface area contributed by atoms with Crippen molar-refractivity contribution in [2.24, 2.45) is 0 Å². The van der Waals surface area contributed by atoms with Crippen molar-refractivity contribution < 1.29 is 9.47 Å². The maximum atomic E-state index is 5.87. The summed E-state index contributed by atoms with van der Waals surface area (Å²) in [4.78, 5) is 16.9. The van der Waals surface area contributed by atoms with Gasteiger partial charge >= 0.3 is 0 Å². The summed E-state index contributed by atoms with van der Waals surface area (Å²) in [6.07, 6.45) is 6.88. The number of methoxy groups -OCH3 is 1. The molecule has 28 heavy (non-hydrogen) atoms. The summed E-state index contributed by atoms with van der Waals surface area (Å²) < 4.78 is 11.4. The zero-order chi connectivity index (χ0) is 19.5. The molecule has 0 aliphatic heterocycles. The Hall–Kier alpha value is -2.93. The second kappa shape index (κ2) is 7.98. The number of aryl methyl sites for hydroxylation is 2. The third-order valence-corrected chi connectivity index (χ3v) is 4.90. The Bertz CT molecular complexity index is 969. The number of imidazole rings is 1. The first-order valence-corrected chi connectivity index (χ1v) is 9.62. The van der Waals surface area contributed by atoms with Crippen LogP contribution in [0.5, 0.6) is 5.75 Å². The first kappa shape index (κ1) is 18.4. The number of hydrogen-bond acceptors (Lipinski definition) is 6. The second-order valence-electron chi connectivity index (χ2n) is 6.90. The zero-order valence-corrected chi connectivity index (χ0v) is 16.5. The average molecular weight is 379 g/mol. The minimum atomic E-state index is 0.0522. The number of aromatic amines is 1. The van der Waals surface area contributed by atoms with Crippen LogP contribution < -0.4 is 10.1 Å². The normalized spacial score (nSPS) is 15.9. The number of nitrogens with zero attached hydrogens (tertiary/aromatic N) is 3. The topological polar surface area (TPSA) is 85.0 Å². The molecule has 3 aromatic rings. The minimum Gasteiger partial charge on any atom is -0.496 e. The third-order valence-electron chi connectivity index (χ3n) is 4.90. The molecule has 2 aromatic heterocycles. The second-order valence-corrected chi connectivity index (χ2v) is 6.90. The molecule has 0 spiro atoms. The minimum absolute atomic E-state index is 0.0522. The molecule has 1 atom stereocenters. The van der Waals surface area contributed by atoms with Gasteiger partial charge in [-0.25, -0.2) is 15.0 Å². The van der Waals surface area contributed by atoms with Gasteiger partial charge in [-0.15, -0.1) is 0 Å². The van der Waals surface area contributed by atoms with Crippen molar-refractivity contribution in [3.63, 3.8) is 0 Å². The number of rotatable bonds is 6. The van der Waals surface area contributed by atoms with E-state index in [0.29, 0.717) is 12.6 Å². The molecular weight excluding hydrogens is 354 g/mol. The van der Waals surface area contributed by atoms with Crippen molar-refractivity contribution in [3.05, 3.63) is 47.5 Å². The maximum absolute atomic E-state index is 5.87. The smallest absolute Gasteiger partial charge is 0.227 e. The first-order chi connectivity index (χ1) is 13.7. The summed E-state index contributed by atoms with van der Waals surface area (Å²) in [6.45, 7) is 4.67. The molecule has 4 rings (SSSR count). The Labute approximate surface area is 164 Å². The van der Waals surface area contributed by atoms with Crippen molar-refractivity contribution in [2.75, 3.05) is 19.0 Å². The molecule has 146 valence electrons. The quantitative estimate of drug-likeness (QED) is 0.663. The summed E-state index contributed by atoms with van der Waals surface area (Å²) in [5.41, 5.74) is 4.94. The third kappa shape index (κ3) is 3.71. The van der Waals surface area contributed by atoms with Crippen LogP contribution in [0.4, 0.5) is 11.6 Å². The van der Waals surface area contributed by atoms with Crippen molar-refractivity contribution in [1.82, 2.24) is 19.9 Å². The fourth-order valence-electron chi connectivity index (χ4n) is 3.57. The Morgan fingerprint density at radius 3 is 2.89 bits per heavy atom. The van der Waals surface area contributed by atoms with Crippen LogP contribution in [0.2, 0.25) is 0 Å². The van der Waals surface area contributed by atoms with Gasteiger partial charge in [-0.3, -0.25) is 0 Å². The van der Waals surface area contributed by atoms with E-state index in [0.717, 1.165) is 53.5 Å². The average Bonchev–Trinajstić information content (AvgIpc) is 3.14. The molecule has 0 radical (unpaired) electrons. The van der Waals surface area contributed by atoms with Crippen LogP contribution in [0.3, 0.4) is 0 Å². The van der Waals surface area contributed by atoms with Gasteiger partial charge in [0, 0.05) is 36.4 Å². The van der Waals surface area contributed by atoms with Crippen LogP contribution in [0, 0.1) is 6.92 Å². The Morgan fingerprint density at radius 1 is 1.25 bits per heavy atom. The van der Waals surface area contributed by atoms with E-state index in [4.69, 9.17) is 14.5 Å². The van der Waals surface area contributed by atoms with Crippen LogP contribution in [0.1, 0.15) is 42.8 Å². The molecule has 7 heteroatoms. The summed E-state index contributed by atoms with van der Waals surface area (Å²) in [5.74, 6) is 2.07. The Kier molecular flexibility index (Phi) is 5.25. The van der Waals surface area contributed by atoms with Crippen molar-refractivity contribution >= 4 is 11.6 Å². The van der Waals surface area contributed by atoms with Gasteiger partial charge in [-0.1, -0.05) is 0 Å². The molecule has 2 N–H and O–H groups in total. The molecule has 0 bridgehead atoms. The summed E-state index contributed by atoms with van der Waals surface area (Å²) in [7, 11) is 1.65. The predicted molar refractivity (Wildman–Crippen MR) is 108 cm³/mol. The fraction of sp³-hybridized carbons (Fsp3) is 0.381. The Morgan fingerprint density at radius 2 is 2.14 bits per heavy atom. The monoisotopic (exact) mass is 379 g/mol. The lowest BCUT2D eigenvalue weighted by Gasteiger charge is -2.24. The zero-order valence-electron chi connectivity index (χ0n) is 16.5. The van der Waals surface area contributed by atoms with E-state index in [1.165, 1.54) is 5.56 Å². The van der Waals surface area contributed by atoms with Crippen LogP contribution in [-0.4, -0.2) is 33.7 Å². The lowest BCUT2D eigenvalue weighted by molar-refractivity contribution is 0.0467. The van der Waals surface area contributed by atoms with Crippen LogP contribution in [0.25, 0.3) is 11.4 Å². The molecule has 0 saturated carbocycles. The van der Waals surface area contributed by atoms with Crippen LogP contribution >= 0.6 is 0 Å². The van der Waals surface area contributed by atoms with Gasteiger partial charge in [0.15, 0.2) is 0 Å². The van der Waals surface area contributed by atoms with E-state index in [1.54, 1.807) is 13.3 Å². The van der Waals surface area contributed by atoms with E-state index >= 15 is 0 Å². The number of nitrogens with one attached hydrogen (secondary N) is 2. The summed E-state index contributed by atoms with van der Waals surface area (Å²) >= 11 is 0. The highest BCUT2D eigenvalue weighted by Crippen LogP contribution is 2.33. The highest BCUT2D eigenvalue weighted by atomic mass is 16.5. The van der Waals surface area contributed by atoms with Crippen molar-refractivity contribution in [2.45, 2.75) is 39.2 Å². The number of ether oxygens (including phenoxy) is 2. The van der Waals surface area contributed by atoms with Crippen molar-refractivity contribution in [3.8, 4) is 17.1 Å². The van der Waals surface area contributed by atoms with Gasteiger partial charge < -0.3 is 19.8 Å². The number of anilines is 2. The van der Waals surface area contributed by atoms with Gasteiger partial charge in [0.25, 0.3) is 0 Å². The largest absolute Gasteiger partial charge is 0.496 e. The first-order valence-electron chi connectivity index (χ1n) is 9.62. The van der Waals surface area contributed by atoms with E-state index < -0.39 is 0 Å². The number of aromatic nitrogens is 4. The van der Waals surface area contributed by atoms with Crippen LogP contribution in [0.15, 0.2) is 30.6 Å². The highest BCUT2D eigenvalue weighted by Gasteiger charge is 2.23. The van der Waals surface area contributed by atoms with E-state index in [9.17, 15) is 0 Å². The molecule has 2 heterocycles. The lowest BCUT2D eigenvalue weighted by Crippen LogP contribution is -2.16. The molecule has 1 aromatic carbocycles. The molecular formula is C21H25N5O2. The summed E-state index contributed by atoms with van der Waals surface area (Å²) in [5, 5.41) is 3.29. The molecule has 7 nitrogen and oxygen atoms in total. The number of fused-ring (bicyclic) bond motifs is 1. The molecule has 0 amide bonds. The Balaban J connectivity index is 1.60. The van der Waals surface area contributed by atoms with E-state index in [-0.39, 0.29) is 6.10 Å². The highest BCUT2D eigenvalue weighted by molar-refractivity contribution is 5.70.